The fraction of sp³-hybridized carbons (Fsp3) is 0.350. The molecule has 9 heteroatoms. The summed E-state index contributed by atoms with van der Waals surface area (Å²) in [7, 11) is -3.50. The van der Waals surface area contributed by atoms with Crippen LogP contribution in [0.15, 0.2) is 59.8 Å². The van der Waals surface area contributed by atoms with Gasteiger partial charge < -0.3 is 4.74 Å². The second-order valence-electron chi connectivity index (χ2n) is 7.12. The summed E-state index contributed by atoms with van der Waals surface area (Å²) >= 11 is 0. The molecule has 1 fully saturated rings. The van der Waals surface area contributed by atoms with Crippen LogP contribution in [0.4, 0.5) is 0 Å². The van der Waals surface area contributed by atoms with E-state index in [0.717, 1.165) is 24.2 Å². The third-order valence-corrected chi connectivity index (χ3v) is 6.97. The van der Waals surface area contributed by atoms with Crippen molar-refractivity contribution in [2.45, 2.75) is 24.7 Å². The molecule has 2 aromatic heterocycles. The Labute approximate surface area is 170 Å². The van der Waals surface area contributed by atoms with Gasteiger partial charge in [-0.2, -0.15) is 14.5 Å². The maximum Gasteiger partial charge on any atom is 0.243 e. The van der Waals surface area contributed by atoms with Gasteiger partial charge in [0, 0.05) is 31.5 Å². The lowest BCUT2D eigenvalue weighted by Gasteiger charge is -2.31. The lowest BCUT2D eigenvalue weighted by molar-refractivity contribution is 0.180. The van der Waals surface area contributed by atoms with E-state index >= 15 is 0 Å². The molecule has 0 radical (unpaired) electrons. The molecule has 0 saturated carbocycles. The predicted molar refractivity (Wildman–Crippen MR) is 107 cm³/mol. The second kappa shape index (κ2) is 8.30. The summed E-state index contributed by atoms with van der Waals surface area (Å²) in [5, 5.41) is 12.1. The van der Waals surface area contributed by atoms with Crippen molar-refractivity contribution in [2.75, 3.05) is 19.7 Å². The summed E-state index contributed by atoms with van der Waals surface area (Å²) in [6.07, 6.45) is 5.01. The normalized spacial score (nSPS) is 16.0. The van der Waals surface area contributed by atoms with Crippen LogP contribution in [0.1, 0.15) is 18.5 Å². The summed E-state index contributed by atoms with van der Waals surface area (Å²) in [5.41, 5.74) is 1.66. The zero-order valence-corrected chi connectivity index (χ0v) is 17.0. The number of aromatic nitrogens is 4. The first-order valence-electron chi connectivity index (χ1n) is 9.56. The van der Waals surface area contributed by atoms with E-state index in [1.807, 2.05) is 25.3 Å². The molecule has 1 aromatic carbocycles. The van der Waals surface area contributed by atoms with Gasteiger partial charge in [-0.25, -0.2) is 13.1 Å². The van der Waals surface area contributed by atoms with Crippen molar-refractivity contribution in [2.24, 2.45) is 5.92 Å². The third kappa shape index (κ3) is 4.46. The lowest BCUT2D eigenvalue weighted by atomic mass is 9.99. The molecular weight excluding hydrogens is 390 g/mol. The summed E-state index contributed by atoms with van der Waals surface area (Å²) in [4.78, 5) is 0.304. The monoisotopic (exact) mass is 413 g/mol. The first-order chi connectivity index (χ1) is 14.0. The van der Waals surface area contributed by atoms with Gasteiger partial charge in [0.2, 0.25) is 15.9 Å². The zero-order chi connectivity index (χ0) is 20.3. The van der Waals surface area contributed by atoms with E-state index in [2.05, 4.69) is 15.3 Å². The molecule has 0 unspecified atom stereocenters. The smallest absolute Gasteiger partial charge is 0.243 e. The van der Waals surface area contributed by atoms with E-state index in [1.165, 1.54) is 0 Å². The molecule has 3 heterocycles. The van der Waals surface area contributed by atoms with Crippen LogP contribution in [0, 0.1) is 12.8 Å². The topological polar surface area (TPSA) is 90.2 Å². The Morgan fingerprint density at radius 1 is 1.07 bits per heavy atom. The van der Waals surface area contributed by atoms with Gasteiger partial charge in [0.15, 0.2) is 0 Å². The maximum atomic E-state index is 13.0. The van der Waals surface area contributed by atoms with Gasteiger partial charge in [0.05, 0.1) is 22.9 Å². The summed E-state index contributed by atoms with van der Waals surface area (Å²) < 4.78 is 34.9. The molecule has 4 rings (SSSR count). The Balaban J connectivity index is 1.34. The highest BCUT2D eigenvalue weighted by Gasteiger charge is 2.29. The first kappa shape index (κ1) is 19.5. The molecule has 3 aromatic rings. The van der Waals surface area contributed by atoms with E-state index in [9.17, 15) is 8.42 Å². The van der Waals surface area contributed by atoms with Crippen molar-refractivity contribution >= 4 is 10.0 Å². The first-order valence-corrected chi connectivity index (χ1v) is 11.0. The zero-order valence-electron chi connectivity index (χ0n) is 16.2. The van der Waals surface area contributed by atoms with E-state index in [-0.39, 0.29) is 0 Å². The van der Waals surface area contributed by atoms with Crippen LogP contribution < -0.4 is 4.74 Å². The molecule has 1 aliphatic rings. The van der Waals surface area contributed by atoms with E-state index in [4.69, 9.17) is 4.74 Å². The number of ether oxygens (including phenoxy) is 1. The molecule has 29 heavy (non-hydrogen) atoms. The predicted octanol–water partition coefficient (Wildman–Crippen LogP) is 2.45. The van der Waals surface area contributed by atoms with Crippen molar-refractivity contribution in [3.05, 3.63) is 60.6 Å². The number of rotatable bonds is 6. The second-order valence-corrected chi connectivity index (χ2v) is 9.05. The minimum Gasteiger partial charge on any atom is -0.476 e. The van der Waals surface area contributed by atoms with E-state index in [1.54, 1.807) is 45.5 Å². The standard InChI is InChI=1S/C20H23N5O3S/c1-16-3-8-20(23-22-16)28-15-17-9-13-24(14-10-17)29(26,27)19-6-4-18(5-7-19)25-12-2-11-21-25/h2-8,11-12,17H,9-10,13-15H2,1H3. The van der Waals surface area contributed by atoms with Crippen molar-refractivity contribution in [1.29, 1.82) is 0 Å². The molecule has 0 amide bonds. The Morgan fingerprint density at radius 2 is 1.83 bits per heavy atom. The van der Waals surface area contributed by atoms with Gasteiger partial charge in [0.1, 0.15) is 0 Å². The fourth-order valence-corrected chi connectivity index (χ4v) is 4.79. The van der Waals surface area contributed by atoms with Crippen LogP contribution in [0.25, 0.3) is 5.69 Å². The molecule has 8 nitrogen and oxygen atoms in total. The Bertz CT molecular complexity index is 1030. The molecule has 152 valence electrons. The molecule has 0 aliphatic carbocycles. The molecule has 0 bridgehead atoms. The maximum absolute atomic E-state index is 13.0. The number of piperidine rings is 1. The quantitative estimate of drug-likeness (QED) is 0.617. The number of hydrogen-bond donors (Lipinski definition) is 0. The van der Waals surface area contributed by atoms with Gasteiger partial charge >= 0.3 is 0 Å². The van der Waals surface area contributed by atoms with Crippen LogP contribution in [0.2, 0.25) is 0 Å². The highest BCUT2D eigenvalue weighted by molar-refractivity contribution is 7.89. The largest absolute Gasteiger partial charge is 0.476 e. The van der Waals surface area contributed by atoms with Crippen LogP contribution in [0.3, 0.4) is 0 Å². The summed E-state index contributed by atoms with van der Waals surface area (Å²) in [6, 6.07) is 12.3. The Kier molecular flexibility index (Phi) is 5.59. The Morgan fingerprint density at radius 3 is 2.45 bits per heavy atom. The van der Waals surface area contributed by atoms with E-state index < -0.39 is 10.0 Å². The highest BCUT2D eigenvalue weighted by Crippen LogP contribution is 2.25. The average Bonchev–Trinajstić information content (AvgIpc) is 3.29. The van der Waals surface area contributed by atoms with Gasteiger partial charge in [-0.3, -0.25) is 0 Å². The van der Waals surface area contributed by atoms with Crippen LogP contribution in [-0.4, -0.2) is 52.4 Å². The highest BCUT2D eigenvalue weighted by atomic mass is 32.2. The van der Waals surface area contributed by atoms with Gasteiger partial charge in [0.25, 0.3) is 0 Å². The number of benzene rings is 1. The molecule has 1 aliphatic heterocycles. The summed E-state index contributed by atoms with van der Waals surface area (Å²) in [6.45, 7) is 3.36. The fourth-order valence-electron chi connectivity index (χ4n) is 3.32. The lowest BCUT2D eigenvalue weighted by Crippen LogP contribution is -2.39. The van der Waals surface area contributed by atoms with Gasteiger partial charge in [-0.05, 0) is 62.1 Å². The number of hydrogen-bond acceptors (Lipinski definition) is 6. The van der Waals surface area contributed by atoms with Crippen molar-refractivity contribution in [1.82, 2.24) is 24.3 Å². The molecule has 0 atom stereocenters. The SMILES string of the molecule is Cc1ccc(OCC2CCN(S(=O)(=O)c3ccc(-n4cccn4)cc3)CC2)nn1. The van der Waals surface area contributed by atoms with Crippen molar-refractivity contribution < 1.29 is 13.2 Å². The van der Waals surface area contributed by atoms with Crippen LogP contribution in [-0.2, 0) is 10.0 Å². The minimum atomic E-state index is -3.50. The molecule has 1 saturated heterocycles. The third-order valence-electron chi connectivity index (χ3n) is 5.06. The molecular formula is C20H23N5O3S. The van der Waals surface area contributed by atoms with Gasteiger partial charge in [-0.15, -0.1) is 5.10 Å². The minimum absolute atomic E-state index is 0.298. The van der Waals surface area contributed by atoms with E-state index in [0.29, 0.717) is 36.4 Å². The average molecular weight is 414 g/mol. The molecule has 0 N–H and O–H groups in total. The van der Waals surface area contributed by atoms with Crippen LogP contribution in [0.5, 0.6) is 5.88 Å². The van der Waals surface area contributed by atoms with Crippen molar-refractivity contribution in [3.63, 3.8) is 0 Å². The van der Waals surface area contributed by atoms with Crippen molar-refractivity contribution in [3.8, 4) is 11.6 Å². The number of nitrogens with zero attached hydrogens (tertiary/aromatic N) is 5. The number of aryl methyl sites for hydroxylation is 1. The van der Waals surface area contributed by atoms with Crippen LogP contribution >= 0.6 is 0 Å². The number of sulfonamides is 1. The van der Waals surface area contributed by atoms with Gasteiger partial charge in [-0.1, -0.05) is 0 Å². The molecule has 0 spiro atoms. The Hall–Kier alpha value is -2.78. The summed E-state index contributed by atoms with van der Waals surface area (Å²) in [5.74, 6) is 0.801.